The van der Waals surface area contributed by atoms with Gasteiger partial charge in [0.05, 0.1) is 18.8 Å². The van der Waals surface area contributed by atoms with Crippen LogP contribution >= 0.6 is 0 Å². The number of para-hydroxylation sites is 2. The fourth-order valence-corrected chi connectivity index (χ4v) is 2.41. The van der Waals surface area contributed by atoms with Crippen LogP contribution in [0.3, 0.4) is 0 Å². The number of alkyl halides is 3. The Kier molecular flexibility index (Phi) is 5.97. The van der Waals surface area contributed by atoms with Gasteiger partial charge in [0.15, 0.2) is 5.75 Å². The van der Waals surface area contributed by atoms with Gasteiger partial charge < -0.3 is 20.1 Å². The number of halogens is 3. The topological polar surface area (TPSA) is 59.6 Å². The van der Waals surface area contributed by atoms with Crippen molar-refractivity contribution in [3.05, 3.63) is 53.6 Å². The Morgan fingerprint density at radius 3 is 2.46 bits per heavy atom. The Morgan fingerprint density at radius 2 is 1.81 bits per heavy atom. The molecule has 0 bridgehead atoms. The first-order valence-electron chi connectivity index (χ1n) is 7.76. The molecule has 2 amide bonds. The molecule has 8 heteroatoms. The van der Waals surface area contributed by atoms with Crippen molar-refractivity contribution in [3.63, 3.8) is 0 Å². The zero-order valence-corrected chi connectivity index (χ0v) is 14.5. The summed E-state index contributed by atoms with van der Waals surface area (Å²) in [6, 6.07) is 9.74. The quantitative estimate of drug-likeness (QED) is 0.798. The van der Waals surface area contributed by atoms with E-state index in [4.69, 9.17) is 4.74 Å². The van der Waals surface area contributed by atoms with Crippen LogP contribution in [0.4, 0.5) is 23.7 Å². The molecule has 0 saturated heterocycles. The molecule has 0 fully saturated rings. The zero-order chi connectivity index (χ0) is 19.3. The predicted octanol–water partition coefficient (Wildman–Crippen LogP) is 4.78. The van der Waals surface area contributed by atoms with Gasteiger partial charge in [-0.05, 0) is 32.0 Å². The molecular weight excluding hydrogens is 349 g/mol. The second-order valence-electron chi connectivity index (χ2n) is 5.61. The van der Waals surface area contributed by atoms with Gasteiger partial charge >= 0.3 is 12.4 Å². The summed E-state index contributed by atoms with van der Waals surface area (Å²) in [5, 5.41) is 5.04. The number of hydrogen-bond donors (Lipinski definition) is 2. The van der Waals surface area contributed by atoms with Crippen molar-refractivity contribution in [2.24, 2.45) is 0 Å². The highest BCUT2D eigenvalue weighted by Gasteiger charge is 2.32. The first kappa shape index (κ1) is 19.4. The summed E-state index contributed by atoms with van der Waals surface area (Å²) in [6.45, 7) is 3.65. The summed E-state index contributed by atoms with van der Waals surface area (Å²) in [5.74, 6) is 0.111. The van der Waals surface area contributed by atoms with Gasteiger partial charge in [0, 0.05) is 5.56 Å². The van der Waals surface area contributed by atoms with E-state index in [0.29, 0.717) is 5.75 Å². The van der Waals surface area contributed by atoms with Crippen LogP contribution in [0.1, 0.15) is 24.1 Å². The Bertz CT molecular complexity index is 779. The lowest BCUT2D eigenvalue weighted by molar-refractivity contribution is -0.274. The lowest BCUT2D eigenvalue weighted by Crippen LogP contribution is -2.31. The Morgan fingerprint density at radius 1 is 1.12 bits per heavy atom. The normalized spacial score (nSPS) is 12.2. The van der Waals surface area contributed by atoms with Crippen molar-refractivity contribution in [3.8, 4) is 11.5 Å². The minimum atomic E-state index is -4.85. The van der Waals surface area contributed by atoms with Gasteiger partial charge in [0.2, 0.25) is 0 Å². The van der Waals surface area contributed by atoms with Gasteiger partial charge in [0.25, 0.3) is 0 Å². The van der Waals surface area contributed by atoms with Crippen molar-refractivity contribution in [1.82, 2.24) is 5.32 Å². The molecule has 2 aromatic rings. The van der Waals surface area contributed by atoms with E-state index in [2.05, 4.69) is 15.4 Å². The molecule has 2 N–H and O–H groups in total. The molecule has 2 rings (SSSR count). The van der Waals surface area contributed by atoms with Crippen LogP contribution in [0.2, 0.25) is 0 Å². The number of nitrogens with one attached hydrogen (secondary N) is 2. The molecule has 140 valence electrons. The van der Waals surface area contributed by atoms with Crippen LogP contribution in [-0.2, 0) is 0 Å². The van der Waals surface area contributed by atoms with Crippen molar-refractivity contribution in [2.75, 3.05) is 12.4 Å². The number of aryl methyl sites for hydroxylation is 1. The van der Waals surface area contributed by atoms with Gasteiger partial charge in [0.1, 0.15) is 5.75 Å². The summed E-state index contributed by atoms with van der Waals surface area (Å²) in [7, 11) is 1.52. The zero-order valence-electron chi connectivity index (χ0n) is 14.5. The van der Waals surface area contributed by atoms with Gasteiger partial charge in [-0.15, -0.1) is 13.2 Å². The fourth-order valence-electron chi connectivity index (χ4n) is 2.41. The SMILES string of the molecule is COc1ccc(C)cc1C(C)NC(=O)Nc1ccccc1OC(F)(F)F. The molecule has 0 aromatic heterocycles. The largest absolute Gasteiger partial charge is 0.573 e. The van der Waals surface area contributed by atoms with Crippen molar-refractivity contribution >= 4 is 11.7 Å². The molecule has 1 atom stereocenters. The number of amides is 2. The third-order valence-electron chi connectivity index (χ3n) is 3.56. The van der Waals surface area contributed by atoms with E-state index >= 15 is 0 Å². The summed E-state index contributed by atoms with van der Waals surface area (Å²) in [4.78, 5) is 12.2. The highest BCUT2D eigenvalue weighted by molar-refractivity contribution is 5.91. The van der Waals surface area contributed by atoms with E-state index in [9.17, 15) is 18.0 Å². The van der Waals surface area contributed by atoms with Gasteiger partial charge in [-0.2, -0.15) is 0 Å². The smallest absolute Gasteiger partial charge is 0.496 e. The van der Waals surface area contributed by atoms with Crippen LogP contribution in [0, 0.1) is 6.92 Å². The molecule has 0 aliphatic heterocycles. The summed E-state index contributed by atoms with van der Waals surface area (Å²) in [5.41, 5.74) is 1.65. The van der Waals surface area contributed by atoms with E-state index < -0.39 is 24.2 Å². The van der Waals surface area contributed by atoms with Crippen molar-refractivity contribution < 1.29 is 27.4 Å². The third-order valence-corrected chi connectivity index (χ3v) is 3.56. The van der Waals surface area contributed by atoms with E-state index in [1.54, 1.807) is 13.0 Å². The van der Waals surface area contributed by atoms with Crippen molar-refractivity contribution in [1.29, 1.82) is 0 Å². The highest BCUT2D eigenvalue weighted by atomic mass is 19.4. The van der Waals surface area contributed by atoms with Gasteiger partial charge in [-0.25, -0.2) is 4.79 Å². The van der Waals surface area contributed by atoms with Crippen LogP contribution in [-0.4, -0.2) is 19.5 Å². The standard InChI is InChI=1S/C18H19F3N2O3/c1-11-8-9-15(25-3)13(10-11)12(2)22-17(24)23-14-6-4-5-7-16(14)26-18(19,20)21/h4-10,12H,1-3H3,(H2,22,23,24). The van der Waals surface area contributed by atoms with Crippen LogP contribution < -0.4 is 20.1 Å². The lowest BCUT2D eigenvalue weighted by Gasteiger charge is -2.19. The van der Waals surface area contributed by atoms with E-state index in [0.717, 1.165) is 17.2 Å². The number of benzene rings is 2. The van der Waals surface area contributed by atoms with E-state index in [1.165, 1.54) is 25.3 Å². The second kappa shape index (κ2) is 7.99. The lowest BCUT2D eigenvalue weighted by atomic mass is 10.0. The third kappa shape index (κ3) is 5.30. The molecule has 0 spiro atoms. The van der Waals surface area contributed by atoms with Crippen LogP contribution in [0.25, 0.3) is 0 Å². The molecule has 0 saturated carbocycles. The molecular formula is C18H19F3N2O3. The average Bonchev–Trinajstić information content (AvgIpc) is 2.55. The summed E-state index contributed by atoms with van der Waals surface area (Å²) < 4.78 is 46.5. The average molecular weight is 368 g/mol. The molecule has 0 aliphatic carbocycles. The maximum atomic E-state index is 12.4. The summed E-state index contributed by atoms with van der Waals surface area (Å²) in [6.07, 6.45) is -4.85. The fraction of sp³-hybridized carbons (Fsp3) is 0.278. The molecule has 0 radical (unpaired) electrons. The first-order valence-corrected chi connectivity index (χ1v) is 7.76. The van der Waals surface area contributed by atoms with Crippen LogP contribution in [0.15, 0.2) is 42.5 Å². The van der Waals surface area contributed by atoms with E-state index in [1.807, 2.05) is 19.1 Å². The molecule has 5 nitrogen and oxygen atoms in total. The Labute approximate surface area is 149 Å². The molecule has 0 aliphatic rings. The number of carbonyl (C=O) groups excluding carboxylic acids is 1. The van der Waals surface area contributed by atoms with Crippen LogP contribution in [0.5, 0.6) is 11.5 Å². The first-order chi connectivity index (χ1) is 12.2. The van der Waals surface area contributed by atoms with E-state index in [-0.39, 0.29) is 5.69 Å². The molecule has 0 heterocycles. The van der Waals surface area contributed by atoms with Gasteiger partial charge in [-0.1, -0.05) is 29.8 Å². The maximum absolute atomic E-state index is 12.4. The van der Waals surface area contributed by atoms with Crippen molar-refractivity contribution in [2.45, 2.75) is 26.3 Å². The Hall–Kier alpha value is -2.90. The molecule has 1 unspecified atom stereocenters. The number of methoxy groups -OCH3 is 1. The number of urea groups is 1. The number of ether oxygens (including phenoxy) is 2. The minimum Gasteiger partial charge on any atom is -0.496 e. The van der Waals surface area contributed by atoms with Gasteiger partial charge in [-0.3, -0.25) is 0 Å². The predicted molar refractivity (Wildman–Crippen MR) is 91.4 cm³/mol. The maximum Gasteiger partial charge on any atom is 0.573 e. The number of hydrogen-bond acceptors (Lipinski definition) is 3. The number of carbonyl (C=O) groups is 1. The molecule has 26 heavy (non-hydrogen) atoms. The Balaban J connectivity index is 2.11. The number of anilines is 1. The molecule has 2 aromatic carbocycles. The minimum absolute atomic E-state index is 0.0919. The summed E-state index contributed by atoms with van der Waals surface area (Å²) >= 11 is 0. The second-order valence-corrected chi connectivity index (χ2v) is 5.61. The number of rotatable bonds is 5. The monoisotopic (exact) mass is 368 g/mol. The highest BCUT2D eigenvalue weighted by Crippen LogP contribution is 2.30.